The van der Waals surface area contributed by atoms with Crippen molar-refractivity contribution in [2.24, 2.45) is 5.84 Å². The molecular weight excluding hydrogens is 272 g/mol. The largest absolute Gasteiger partial charge is 0.493 e. The fourth-order valence-corrected chi connectivity index (χ4v) is 3.00. The summed E-state index contributed by atoms with van der Waals surface area (Å²) in [7, 11) is 0. The number of fused-ring (bicyclic) bond motifs is 1. The van der Waals surface area contributed by atoms with Crippen LogP contribution in [0.1, 0.15) is 28.3 Å². The number of hydrogen-bond acceptors (Lipinski definition) is 3. The fourth-order valence-electron chi connectivity index (χ4n) is 2.78. The van der Waals surface area contributed by atoms with Crippen LogP contribution < -0.4 is 16.0 Å². The molecule has 1 heterocycles. The van der Waals surface area contributed by atoms with Crippen molar-refractivity contribution in [3.63, 3.8) is 0 Å². The number of halogens is 1. The summed E-state index contributed by atoms with van der Waals surface area (Å²) in [6, 6.07) is 12.0. The van der Waals surface area contributed by atoms with Gasteiger partial charge in [-0.3, -0.25) is 5.84 Å². The number of rotatable bonds is 3. The number of nitrogens with one attached hydrogen (secondary N) is 1. The second kappa shape index (κ2) is 5.44. The van der Waals surface area contributed by atoms with Crippen molar-refractivity contribution in [1.29, 1.82) is 0 Å². The van der Waals surface area contributed by atoms with Crippen molar-refractivity contribution in [1.82, 2.24) is 5.43 Å². The second-order valence-corrected chi connectivity index (χ2v) is 5.47. The number of hydrazine groups is 1. The molecule has 0 aromatic heterocycles. The van der Waals surface area contributed by atoms with Gasteiger partial charge in [-0.15, -0.1) is 0 Å². The summed E-state index contributed by atoms with van der Waals surface area (Å²) >= 11 is 6.03. The highest BCUT2D eigenvalue weighted by Crippen LogP contribution is 2.37. The number of nitrogens with two attached hydrogens (primary N) is 1. The Balaban J connectivity index is 2.09. The molecule has 2 aromatic carbocycles. The molecule has 0 saturated carbocycles. The van der Waals surface area contributed by atoms with Gasteiger partial charge >= 0.3 is 0 Å². The van der Waals surface area contributed by atoms with Crippen molar-refractivity contribution >= 4 is 11.6 Å². The molecule has 0 radical (unpaired) electrons. The van der Waals surface area contributed by atoms with E-state index >= 15 is 0 Å². The number of hydrogen-bond donors (Lipinski definition) is 2. The monoisotopic (exact) mass is 288 g/mol. The molecule has 3 N–H and O–H groups in total. The molecule has 0 aliphatic carbocycles. The van der Waals surface area contributed by atoms with Crippen LogP contribution in [0.5, 0.6) is 5.75 Å². The van der Waals surface area contributed by atoms with E-state index < -0.39 is 0 Å². The van der Waals surface area contributed by atoms with E-state index in [2.05, 4.69) is 23.6 Å². The summed E-state index contributed by atoms with van der Waals surface area (Å²) in [5.74, 6) is 6.76. The molecule has 4 heteroatoms. The lowest BCUT2D eigenvalue weighted by Crippen LogP contribution is -2.29. The van der Waals surface area contributed by atoms with Gasteiger partial charge in [0.2, 0.25) is 0 Å². The molecule has 1 atom stereocenters. The van der Waals surface area contributed by atoms with E-state index in [4.69, 9.17) is 22.2 Å². The van der Waals surface area contributed by atoms with Gasteiger partial charge in [-0.2, -0.15) is 0 Å². The minimum absolute atomic E-state index is 0.0969. The second-order valence-electron chi connectivity index (χ2n) is 5.03. The summed E-state index contributed by atoms with van der Waals surface area (Å²) < 4.78 is 5.78. The van der Waals surface area contributed by atoms with Crippen LogP contribution in [0.25, 0.3) is 0 Å². The molecule has 0 saturated heterocycles. The average molecular weight is 289 g/mol. The molecule has 1 aliphatic rings. The van der Waals surface area contributed by atoms with Crippen molar-refractivity contribution in [2.75, 3.05) is 6.61 Å². The quantitative estimate of drug-likeness (QED) is 0.674. The van der Waals surface area contributed by atoms with Gasteiger partial charge in [-0.25, -0.2) is 5.43 Å². The normalized spacial score (nSPS) is 14.8. The third-order valence-electron chi connectivity index (χ3n) is 3.77. The van der Waals surface area contributed by atoms with Crippen LogP contribution in [0.3, 0.4) is 0 Å². The van der Waals surface area contributed by atoms with E-state index in [1.54, 1.807) is 0 Å². The average Bonchev–Trinajstić information content (AvgIpc) is 2.91. The first-order valence-corrected chi connectivity index (χ1v) is 7.05. The zero-order valence-electron chi connectivity index (χ0n) is 11.3. The zero-order chi connectivity index (χ0) is 14.1. The van der Waals surface area contributed by atoms with Gasteiger partial charge in [-0.05, 0) is 35.7 Å². The Bertz CT molecular complexity index is 642. The third kappa shape index (κ3) is 2.29. The topological polar surface area (TPSA) is 47.3 Å². The van der Waals surface area contributed by atoms with Crippen LogP contribution >= 0.6 is 11.6 Å². The lowest BCUT2D eigenvalue weighted by atomic mass is 9.93. The van der Waals surface area contributed by atoms with E-state index in [0.717, 1.165) is 40.5 Å². The third-order valence-corrected chi connectivity index (χ3v) is 4.00. The Morgan fingerprint density at radius 1 is 1.25 bits per heavy atom. The van der Waals surface area contributed by atoms with E-state index in [-0.39, 0.29) is 6.04 Å². The highest BCUT2D eigenvalue weighted by atomic mass is 35.5. The number of ether oxygens (including phenoxy) is 1. The molecule has 0 fully saturated rings. The first-order valence-electron chi connectivity index (χ1n) is 6.67. The number of aryl methyl sites for hydroxylation is 1. The molecule has 0 spiro atoms. The first kappa shape index (κ1) is 13.4. The van der Waals surface area contributed by atoms with Crippen LogP contribution in [0.4, 0.5) is 0 Å². The van der Waals surface area contributed by atoms with Gasteiger partial charge in [0.1, 0.15) is 5.75 Å². The van der Waals surface area contributed by atoms with Crippen LogP contribution in [-0.4, -0.2) is 6.61 Å². The van der Waals surface area contributed by atoms with Gasteiger partial charge in [0.05, 0.1) is 12.6 Å². The molecule has 0 bridgehead atoms. The Hall–Kier alpha value is -1.55. The van der Waals surface area contributed by atoms with Crippen molar-refractivity contribution < 1.29 is 4.74 Å². The fraction of sp³-hybridized carbons (Fsp3) is 0.250. The van der Waals surface area contributed by atoms with Gasteiger partial charge in [0.15, 0.2) is 0 Å². The van der Waals surface area contributed by atoms with Gasteiger partial charge < -0.3 is 4.74 Å². The van der Waals surface area contributed by atoms with Crippen LogP contribution in [0, 0.1) is 6.92 Å². The summed E-state index contributed by atoms with van der Waals surface area (Å²) in [6.45, 7) is 2.78. The summed E-state index contributed by atoms with van der Waals surface area (Å²) in [5.41, 5.74) is 7.44. The van der Waals surface area contributed by atoms with Gasteiger partial charge in [0.25, 0.3) is 0 Å². The van der Waals surface area contributed by atoms with Crippen molar-refractivity contribution in [3.05, 3.63) is 63.7 Å². The van der Waals surface area contributed by atoms with E-state index in [1.807, 2.05) is 25.1 Å². The van der Waals surface area contributed by atoms with E-state index in [0.29, 0.717) is 0 Å². The smallest absolute Gasteiger partial charge is 0.127 e. The maximum absolute atomic E-state index is 6.03. The lowest BCUT2D eigenvalue weighted by Gasteiger charge is -2.21. The predicted molar refractivity (Wildman–Crippen MR) is 81.0 cm³/mol. The maximum atomic E-state index is 6.03. The minimum atomic E-state index is -0.0969. The molecule has 3 rings (SSSR count). The van der Waals surface area contributed by atoms with Gasteiger partial charge in [0, 0.05) is 17.0 Å². The predicted octanol–water partition coefficient (Wildman–Crippen LogP) is 3.14. The summed E-state index contributed by atoms with van der Waals surface area (Å²) in [6.07, 6.45) is 0.958. The van der Waals surface area contributed by atoms with Crippen LogP contribution in [-0.2, 0) is 6.42 Å². The lowest BCUT2D eigenvalue weighted by molar-refractivity contribution is 0.350. The molecular formula is C16H17ClN2O. The minimum Gasteiger partial charge on any atom is -0.493 e. The van der Waals surface area contributed by atoms with Crippen LogP contribution in [0.2, 0.25) is 5.02 Å². The van der Waals surface area contributed by atoms with E-state index in [1.165, 1.54) is 5.56 Å². The molecule has 0 amide bonds. The molecule has 1 aliphatic heterocycles. The van der Waals surface area contributed by atoms with Gasteiger partial charge in [-0.1, -0.05) is 35.9 Å². The maximum Gasteiger partial charge on any atom is 0.127 e. The molecule has 2 aromatic rings. The highest BCUT2D eigenvalue weighted by Gasteiger charge is 2.23. The Labute approximate surface area is 123 Å². The molecule has 20 heavy (non-hydrogen) atoms. The standard InChI is InChI=1S/C16H17ClN2O/c1-10-9-12(17)5-6-13(10)15(19-18)14-4-2-3-11-7-8-20-16(11)14/h2-6,9,15,19H,7-8,18H2,1H3. The number of para-hydroxylation sites is 1. The van der Waals surface area contributed by atoms with E-state index in [9.17, 15) is 0 Å². The molecule has 1 unspecified atom stereocenters. The molecule has 104 valence electrons. The summed E-state index contributed by atoms with van der Waals surface area (Å²) in [5, 5.41) is 0.733. The van der Waals surface area contributed by atoms with Crippen molar-refractivity contribution in [2.45, 2.75) is 19.4 Å². The highest BCUT2D eigenvalue weighted by molar-refractivity contribution is 6.30. The SMILES string of the molecule is Cc1cc(Cl)ccc1C(NN)c1cccc2c1OCC2. The first-order chi connectivity index (χ1) is 9.70. The zero-order valence-corrected chi connectivity index (χ0v) is 12.1. The Morgan fingerprint density at radius 3 is 2.85 bits per heavy atom. The Kier molecular flexibility index (Phi) is 3.66. The molecule has 3 nitrogen and oxygen atoms in total. The Morgan fingerprint density at radius 2 is 2.10 bits per heavy atom. The number of benzene rings is 2. The van der Waals surface area contributed by atoms with Crippen molar-refractivity contribution in [3.8, 4) is 5.75 Å². The van der Waals surface area contributed by atoms with Crippen LogP contribution in [0.15, 0.2) is 36.4 Å². The summed E-state index contributed by atoms with van der Waals surface area (Å²) in [4.78, 5) is 0.